The number of hydrogen-bond acceptors (Lipinski definition) is 3. The van der Waals surface area contributed by atoms with Gasteiger partial charge in [-0.3, -0.25) is 0 Å². The zero-order chi connectivity index (χ0) is 12.7. The Hall–Kier alpha value is -0.300. The third-order valence-electron chi connectivity index (χ3n) is 2.05. The summed E-state index contributed by atoms with van der Waals surface area (Å²) in [5, 5.41) is 2.87. The molecule has 0 spiro atoms. The Labute approximate surface area is 94.3 Å². The first-order chi connectivity index (χ1) is 7.27. The minimum Gasteiger partial charge on any atom is -0.320 e. The summed E-state index contributed by atoms with van der Waals surface area (Å²) >= 11 is 0. The molecule has 0 radical (unpaired) electrons. The molecule has 98 valence electrons. The lowest BCUT2D eigenvalue weighted by Crippen LogP contribution is -2.16. The predicted octanol–water partition coefficient (Wildman–Crippen LogP) is 1.74. The topological polar surface area (TPSA) is 46.2 Å². The van der Waals surface area contributed by atoms with Crippen LogP contribution in [0.15, 0.2) is 0 Å². The number of sulfone groups is 1. The van der Waals surface area contributed by atoms with Gasteiger partial charge in [0.05, 0.1) is 11.5 Å². The highest BCUT2D eigenvalue weighted by atomic mass is 32.2. The SMILES string of the molecule is CNCCCCS(=O)(=O)CCCC(F)(F)F. The molecule has 7 heteroatoms. The Morgan fingerprint density at radius 2 is 1.62 bits per heavy atom. The Bertz CT molecular complexity index is 275. The second kappa shape index (κ2) is 7.11. The number of alkyl halides is 3. The van der Waals surface area contributed by atoms with Gasteiger partial charge in [0.1, 0.15) is 9.84 Å². The van der Waals surface area contributed by atoms with E-state index in [1.807, 2.05) is 0 Å². The molecule has 0 unspecified atom stereocenters. The second-order valence-corrected chi connectivity index (χ2v) is 5.98. The smallest absolute Gasteiger partial charge is 0.320 e. The monoisotopic (exact) mass is 261 g/mol. The molecule has 16 heavy (non-hydrogen) atoms. The maximum atomic E-state index is 11.8. The van der Waals surface area contributed by atoms with E-state index in [-0.39, 0.29) is 17.9 Å². The number of hydrogen-bond donors (Lipinski definition) is 1. The standard InChI is InChI=1S/C9H18F3NO2S/c1-13-6-2-3-7-16(14,15)8-4-5-9(10,11)12/h13H,2-8H2,1H3. The summed E-state index contributed by atoms with van der Waals surface area (Å²) in [6.45, 7) is 0.720. The van der Waals surface area contributed by atoms with Crippen LogP contribution < -0.4 is 5.32 Å². The van der Waals surface area contributed by atoms with E-state index in [0.29, 0.717) is 6.42 Å². The first kappa shape index (κ1) is 15.7. The molecular weight excluding hydrogens is 243 g/mol. The molecule has 0 fully saturated rings. The third-order valence-corrected chi connectivity index (χ3v) is 3.87. The number of rotatable bonds is 8. The van der Waals surface area contributed by atoms with Gasteiger partial charge in [-0.1, -0.05) is 0 Å². The predicted molar refractivity (Wildman–Crippen MR) is 57.1 cm³/mol. The molecule has 0 aliphatic rings. The van der Waals surface area contributed by atoms with Crippen molar-refractivity contribution in [2.24, 2.45) is 0 Å². The van der Waals surface area contributed by atoms with Crippen molar-refractivity contribution in [1.29, 1.82) is 0 Å². The van der Waals surface area contributed by atoms with Gasteiger partial charge in [0, 0.05) is 6.42 Å². The van der Waals surface area contributed by atoms with Crippen LogP contribution in [0.5, 0.6) is 0 Å². The van der Waals surface area contributed by atoms with Crippen molar-refractivity contribution in [2.75, 3.05) is 25.1 Å². The zero-order valence-electron chi connectivity index (χ0n) is 9.31. The molecule has 0 aromatic heterocycles. The first-order valence-corrected chi connectivity index (χ1v) is 7.01. The largest absolute Gasteiger partial charge is 0.389 e. The second-order valence-electron chi connectivity index (χ2n) is 3.68. The maximum absolute atomic E-state index is 11.8. The summed E-state index contributed by atoms with van der Waals surface area (Å²) in [5.74, 6) is -0.390. The molecule has 0 aromatic carbocycles. The minimum absolute atomic E-state index is 0.0213. The van der Waals surface area contributed by atoms with Gasteiger partial charge < -0.3 is 5.32 Å². The molecule has 0 amide bonds. The van der Waals surface area contributed by atoms with Gasteiger partial charge >= 0.3 is 6.18 Å². The lowest BCUT2D eigenvalue weighted by atomic mass is 10.3. The van der Waals surface area contributed by atoms with Crippen molar-refractivity contribution in [1.82, 2.24) is 5.32 Å². The van der Waals surface area contributed by atoms with Gasteiger partial charge in [-0.25, -0.2) is 8.42 Å². The highest BCUT2D eigenvalue weighted by molar-refractivity contribution is 7.91. The fourth-order valence-electron chi connectivity index (χ4n) is 1.22. The summed E-state index contributed by atoms with van der Waals surface area (Å²) in [7, 11) is -1.55. The summed E-state index contributed by atoms with van der Waals surface area (Å²) in [6.07, 6.45) is -4.41. The summed E-state index contributed by atoms with van der Waals surface area (Å²) in [5.41, 5.74) is 0. The Morgan fingerprint density at radius 3 is 2.12 bits per heavy atom. The van der Waals surface area contributed by atoms with Crippen LogP contribution in [0.3, 0.4) is 0 Å². The summed E-state index contributed by atoms with van der Waals surface area (Å²) in [6, 6.07) is 0. The molecule has 1 N–H and O–H groups in total. The average Bonchev–Trinajstić information content (AvgIpc) is 2.10. The zero-order valence-corrected chi connectivity index (χ0v) is 10.1. The van der Waals surface area contributed by atoms with Crippen LogP contribution in [0, 0.1) is 0 Å². The highest BCUT2D eigenvalue weighted by Gasteiger charge is 2.27. The summed E-state index contributed by atoms with van der Waals surface area (Å²) < 4.78 is 57.9. The van der Waals surface area contributed by atoms with E-state index in [2.05, 4.69) is 5.32 Å². The Morgan fingerprint density at radius 1 is 1.06 bits per heavy atom. The number of unbranched alkanes of at least 4 members (excludes halogenated alkanes) is 1. The van der Waals surface area contributed by atoms with Crippen LogP contribution in [0.25, 0.3) is 0 Å². The van der Waals surface area contributed by atoms with Crippen molar-refractivity contribution in [2.45, 2.75) is 31.9 Å². The first-order valence-electron chi connectivity index (χ1n) is 5.18. The fraction of sp³-hybridized carbons (Fsp3) is 1.00. The van der Waals surface area contributed by atoms with Gasteiger partial charge in [0.2, 0.25) is 0 Å². The van der Waals surface area contributed by atoms with Gasteiger partial charge in [0.15, 0.2) is 0 Å². The Balaban J connectivity index is 3.71. The van der Waals surface area contributed by atoms with E-state index in [1.54, 1.807) is 7.05 Å². The fourth-order valence-corrected chi connectivity index (χ4v) is 2.65. The van der Waals surface area contributed by atoms with Crippen LogP contribution in [-0.4, -0.2) is 39.7 Å². The lowest BCUT2D eigenvalue weighted by molar-refractivity contribution is -0.134. The van der Waals surface area contributed by atoms with E-state index in [1.165, 1.54) is 0 Å². The molecule has 3 nitrogen and oxygen atoms in total. The summed E-state index contributed by atoms with van der Waals surface area (Å²) in [4.78, 5) is 0. The van der Waals surface area contributed by atoms with Gasteiger partial charge in [-0.05, 0) is 32.9 Å². The van der Waals surface area contributed by atoms with Crippen molar-refractivity contribution in [3.05, 3.63) is 0 Å². The van der Waals surface area contributed by atoms with Gasteiger partial charge in [-0.2, -0.15) is 13.2 Å². The average molecular weight is 261 g/mol. The normalized spacial score (nSPS) is 13.0. The van der Waals surface area contributed by atoms with E-state index < -0.39 is 22.4 Å². The molecule has 0 saturated heterocycles. The van der Waals surface area contributed by atoms with E-state index >= 15 is 0 Å². The Kier molecular flexibility index (Phi) is 6.98. The van der Waals surface area contributed by atoms with Crippen LogP contribution in [0.1, 0.15) is 25.7 Å². The molecule has 0 rings (SSSR count). The molecular formula is C9H18F3NO2S. The molecule has 0 aliphatic carbocycles. The molecule has 0 aliphatic heterocycles. The van der Waals surface area contributed by atoms with Crippen molar-refractivity contribution < 1.29 is 21.6 Å². The van der Waals surface area contributed by atoms with E-state index in [0.717, 1.165) is 13.0 Å². The highest BCUT2D eigenvalue weighted by Crippen LogP contribution is 2.21. The van der Waals surface area contributed by atoms with Crippen molar-refractivity contribution in [3.63, 3.8) is 0 Å². The van der Waals surface area contributed by atoms with E-state index in [9.17, 15) is 21.6 Å². The molecule has 0 bridgehead atoms. The lowest BCUT2D eigenvalue weighted by Gasteiger charge is -2.06. The molecule has 0 aromatic rings. The third kappa shape index (κ3) is 10.2. The van der Waals surface area contributed by atoms with Crippen LogP contribution in [-0.2, 0) is 9.84 Å². The maximum Gasteiger partial charge on any atom is 0.389 e. The molecule has 0 atom stereocenters. The van der Waals surface area contributed by atoms with Crippen LogP contribution >= 0.6 is 0 Å². The van der Waals surface area contributed by atoms with Crippen LogP contribution in [0.4, 0.5) is 13.2 Å². The van der Waals surface area contributed by atoms with E-state index in [4.69, 9.17) is 0 Å². The van der Waals surface area contributed by atoms with Crippen molar-refractivity contribution in [3.8, 4) is 0 Å². The number of halogens is 3. The molecule has 0 saturated carbocycles. The van der Waals surface area contributed by atoms with Crippen molar-refractivity contribution >= 4 is 9.84 Å². The quantitative estimate of drug-likeness (QED) is 0.677. The van der Waals surface area contributed by atoms with Gasteiger partial charge in [0.25, 0.3) is 0 Å². The minimum atomic E-state index is -4.26. The number of nitrogens with one attached hydrogen (secondary N) is 1. The molecule has 0 heterocycles. The van der Waals surface area contributed by atoms with Gasteiger partial charge in [-0.15, -0.1) is 0 Å². The van der Waals surface area contributed by atoms with Crippen LogP contribution in [0.2, 0.25) is 0 Å².